The molecule has 0 spiro atoms. The van der Waals surface area contributed by atoms with Crippen molar-refractivity contribution in [2.45, 2.75) is 20.1 Å². The molecule has 0 saturated carbocycles. The molecule has 4 N–H and O–H groups in total. The van der Waals surface area contributed by atoms with Crippen molar-refractivity contribution >= 4 is 0 Å². The van der Waals surface area contributed by atoms with Crippen molar-refractivity contribution in [3.63, 3.8) is 0 Å². The predicted octanol–water partition coefficient (Wildman–Crippen LogP) is 0.259. The van der Waals surface area contributed by atoms with Gasteiger partial charge in [-0.1, -0.05) is 31.2 Å². The van der Waals surface area contributed by atoms with E-state index in [0.717, 1.165) is 11.1 Å². The maximum absolute atomic E-state index is 9.13. The third-order valence-corrected chi connectivity index (χ3v) is 2.82. The molecule has 0 amide bonds. The molecule has 0 saturated heterocycles. The van der Waals surface area contributed by atoms with E-state index in [-0.39, 0.29) is 19.8 Å². The summed E-state index contributed by atoms with van der Waals surface area (Å²) >= 11 is 0. The number of nitrogens with one attached hydrogen (secondary N) is 1. The Bertz CT molecular complexity index is 337. The van der Waals surface area contributed by atoms with Crippen molar-refractivity contribution < 1.29 is 15.3 Å². The molecule has 0 aromatic heterocycles. The van der Waals surface area contributed by atoms with E-state index in [1.54, 1.807) is 0 Å². The number of aliphatic hydroxyl groups excluding tert-OH is 3. The van der Waals surface area contributed by atoms with Crippen LogP contribution in [0.15, 0.2) is 24.3 Å². The maximum Gasteiger partial charge on any atom is 0.0681 e. The van der Waals surface area contributed by atoms with Crippen molar-refractivity contribution in [3.8, 4) is 0 Å². The minimum Gasteiger partial charge on any atom is -0.396 e. The number of hydrogen-bond acceptors (Lipinski definition) is 4. The van der Waals surface area contributed by atoms with E-state index in [1.807, 2.05) is 31.2 Å². The quantitative estimate of drug-likeness (QED) is 0.551. The highest BCUT2D eigenvalue weighted by Gasteiger charge is 2.21. The SMILES string of the molecule is CC(CO)(CO)CNCc1cccc(CO)c1. The average Bonchev–Trinajstić information content (AvgIpc) is 2.39. The van der Waals surface area contributed by atoms with Gasteiger partial charge in [0, 0.05) is 18.5 Å². The topological polar surface area (TPSA) is 72.7 Å². The molecule has 0 aliphatic heterocycles. The third kappa shape index (κ3) is 4.44. The minimum absolute atomic E-state index is 0.0405. The molecule has 0 aliphatic rings. The van der Waals surface area contributed by atoms with E-state index in [2.05, 4.69) is 5.32 Å². The molecule has 0 atom stereocenters. The van der Waals surface area contributed by atoms with Gasteiger partial charge in [0.1, 0.15) is 0 Å². The van der Waals surface area contributed by atoms with Crippen molar-refractivity contribution in [2.75, 3.05) is 19.8 Å². The van der Waals surface area contributed by atoms with E-state index in [0.29, 0.717) is 13.1 Å². The second kappa shape index (κ2) is 6.71. The second-order valence-electron chi connectivity index (χ2n) is 4.71. The molecule has 4 nitrogen and oxygen atoms in total. The van der Waals surface area contributed by atoms with Crippen LogP contribution in [0.3, 0.4) is 0 Å². The summed E-state index contributed by atoms with van der Waals surface area (Å²) in [5.74, 6) is 0. The zero-order valence-corrected chi connectivity index (χ0v) is 10.2. The Morgan fingerprint density at radius 2 is 1.76 bits per heavy atom. The molecule has 0 radical (unpaired) electrons. The monoisotopic (exact) mass is 239 g/mol. The van der Waals surface area contributed by atoms with Gasteiger partial charge in [-0.2, -0.15) is 0 Å². The molecule has 0 aliphatic carbocycles. The number of rotatable bonds is 7. The van der Waals surface area contributed by atoms with Gasteiger partial charge in [0.2, 0.25) is 0 Å². The summed E-state index contributed by atoms with van der Waals surface area (Å²) in [5, 5.41) is 30.5. The highest BCUT2D eigenvalue weighted by Crippen LogP contribution is 2.12. The van der Waals surface area contributed by atoms with Gasteiger partial charge in [-0.3, -0.25) is 0 Å². The van der Waals surface area contributed by atoms with Crippen molar-refractivity contribution in [2.24, 2.45) is 5.41 Å². The van der Waals surface area contributed by atoms with E-state index in [4.69, 9.17) is 15.3 Å². The maximum atomic E-state index is 9.13. The lowest BCUT2D eigenvalue weighted by Crippen LogP contribution is -2.37. The lowest BCUT2D eigenvalue weighted by molar-refractivity contribution is 0.0695. The Hall–Kier alpha value is -0.940. The van der Waals surface area contributed by atoms with Crippen LogP contribution in [-0.2, 0) is 13.2 Å². The van der Waals surface area contributed by atoms with Crippen molar-refractivity contribution in [1.82, 2.24) is 5.32 Å². The first kappa shape index (κ1) is 14.1. The third-order valence-electron chi connectivity index (χ3n) is 2.82. The average molecular weight is 239 g/mol. The predicted molar refractivity (Wildman–Crippen MR) is 66.4 cm³/mol. The second-order valence-corrected chi connectivity index (χ2v) is 4.71. The molecule has 0 unspecified atom stereocenters. The fourth-order valence-electron chi connectivity index (χ4n) is 1.51. The molecule has 1 aromatic rings. The fraction of sp³-hybridized carbons (Fsp3) is 0.538. The molecule has 0 fully saturated rings. The zero-order valence-electron chi connectivity index (χ0n) is 10.2. The number of benzene rings is 1. The molecular formula is C13H21NO3. The van der Waals surface area contributed by atoms with Gasteiger partial charge in [0.05, 0.1) is 19.8 Å². The Morgan fingerprint density at radius 3 is 2.35 bits per heavy atom. The Kier molecular flexibility index (Phi) is 5.58. The van der Waals surface area contributed by atoms with Gasteiger partial charge < -0.3 is 20.6 Å². The van der Waals surface area contributed by atoms with Gasteiger partial charge in [-0.05, 0) is 11.1 Å². The van der Waals surface area contributed by atoms with Crippen LogP contribution in [0.5, 0.6) is 0 Å². The Balaban J connectivity index is 2.45. The van der Waals surface area contributed by atoms with Crippen LogP contribution < -0.4 is 5.32 Å². The fourth-order valence-corrected chi connectivity index (χ4v) is 1.51. The summed E-state index contributed by atoms with van der Waals surface area (Å²) < 4.78 is 0. The summed E-state index contributed by atoms with van der Waals surface area (Å²) in [6, 6.07) is 7.68. The lowest BCUT2D eigenvalue weighted by atomic mass is 9.93. The van der Waals surface area contributed by atoms with E-state index in [1.165, 1.54) is 0 Å². The largest absolute Gasteiger partial charge is 0.396 e. The van der Waals surface area contributed by atoms with Gasteiger partial charge in [-0.25, -0.2) is 0 Å². The van der Waals surface area contributed by atoms with Gasteiger partial charge in [0.15, 0.2) is 0 Å². The molecular weight excluding hydrogens is 218 g/mol. The highest BCUT2D eigenvalue weighted by molar-refractivity contribution is 5.22. The van der Waals surface area contributed by atoms with Crippen LogP contribution in [0.4, 0.5) is 0 Å². The summed E-state index contributed by atoms with van der Waals surface area (Å²) in [7, 11) is 0. The molecule has 17 heavy (non-hydrogen) atoms. The summed E-state index contributed by atoms with van der Waals surface area (Å²) in [4.78, 5) is 0. The normalized spacial score (nSPS) is 11.8. The Morgan fingerprint density at radius 1 is 1.12 bits per heavy atom. The lowest BCUT2D eigenvalue weighted by Gasteiger charge is -2.24. The highest BCUT2D eigenvalue weighted by atomic mass is 16.3. The van der Waals surface area contributed by atoms with Crippen LogP contribution in [0.1, 0.15) is 18.1 Å². The molecule has 1 aromatic carbocycles. The van der Waals surface area contributed by atoms with Crippen molar-refractivity contribution in [1.29, 1.82) is 0 Å². The van der Waals surface area contributed by atoms with Gasteiger partial charge >= 0.3 is 0 Å². The number of hydrogen-bond donors (Lipinski definition) is 4. The van der Waals surface area contributed by atoms with E-state index in [9.17, 15) is 0 Å². The van der Waals surface area contributed by atoms with Crippen LogP contribution in [0, 0.1) is 5.41 Å². The van der Waals surface area contributed by atoms with Gasteiger partial charge in [0.25, 0.3) is 0 Å². The Labute approximate surface area is 102 Å². The minimum atomic E-state index is -0.491. The molecule has 4 heteroatoms. The first-order chi connectivity index (χ1) is 8.13. The molecule has 0 bridgehead atoms. The van der Waals surface area contributed by atoms with Crippen LogP contribution in [0.25, 0.3) is 0 Å². The zero-order chi connectivity index (χ0) is 12.7. The first-order valence-electron chi connectivity index (χ1n) is 5.74. The van der Waals surface area contributed by atoms with E-state index >= 15 is 0 Å². The van der Waals surface area contributed by atoms with Crippen LogP contribution in [0.2, 0.25) is 0 Å². The van der Waals surface area contributed by atoms with Crippen LogP contribution >= 0.6 is 0 Å². The molecule has 96 valence electrons. The standard InChI is InChI=1S/C13H21NO3/c1-13(9-16,10-17)8-14-6-11-3-2-4-12(5-11)7-15/h2-5,14-17H,6-10H2,1H3. The van der Waals surface area contributed by atoms with E-state index < -0.39 is 5.41 Å². The molecule has 1 rings (SSSR count). The summed E-state index contributed by atoms with van der Waals surface area (Å²) in [6.45, 7) is 2.97. The summed E-state index contributed by atoms with van der Waals surface area (Å²) in [5.41, 5.74) is 1.47. The number of aliphatic hydroxyl groups is 3. The summed E-state index contributed by atoms with van der Waals surface area (Å²) in [6.07, 6.45) is 0. The molecule has 0 heterocycles. The first-order valence-corrected chi connectivity index (χ1v) is 5.74. The smallest absolute Gasteiger partial charge is 0.0681 e. The van der Waals surface area contributed by atoms with Crippen molar-refractivity contribution in [3.05, 3.63) is 35.4 Å². The van der Waals surface area contributed by atoms with Gasteiger partial charge in [-0.15, -0.1) is 0 Å². The van der Waals surface area contributed by atoms with Crippen LogP contribution in [-0.4, -0.2) is 35.1 Å².